The number of ether oxygens (including phenoxy) is 1. The molecule has 31 heavy (non-hydrogen) atoms. The van der Waals surface area contributed by atoms with Crippen LogP contribution in [0.2, 0.25) is 0 Å². The van der Waals surface area contributed by atoms with Crippen molar-refractivity contribution in [3.05, 3.63) is 56.2 Å². The second-order valence-electron chi connectivity index (χ2n) is 5.83. The summed E-state index contributed by atoms with van der Waals surface area (Å²) >= 11 is 5.24. The van der Waals surface area contributed by atoms with Gasteiger partial charge in [0.1, 0.15) is 22.3 Å². The van der Waals surface area contributed by atoms with E-state index in [9.17, 15) is 23.3 Å². The van der Waals surface area contributed by atoms with E-state index in [0.29, 0.717) is 26.4 Å². The number of hydrogen-bond donors (Lipinski definition) is 1. The zero-order chi connectivity index (χ0) is 22.6. The number of carbonyl (C=O) groups is 2. The highest BCUT2D eigenvalue weighted by molar-refractivity contribution is 9.10. The smallest absolute Gasteiger partial charge is 0.353 e. The number of aromatic nitrogens is 2. The first-order valence-corrected chi connectivity index (χ1v) is 12.5. The quantitative estimate of drug-likeness (QED) is 0.217. The monoisotopic (exact) mass is 538 g/mol. The maximum absolute atomic E-state index is 12.3. The summed E-state index contributed by atoms with van der Waals surface area (Å²) in [5.41, 5.74) is 0.245. The molecular formula is C18H11BrN4O5S3. The summed E-state index contributed by atoms with van der Waals surface area (Å²) in [5.74, 6) is -0.995. The van der Waals surface area contributed by atoms with Crippen LogP contribution in [0.15, 0.2) is 50.9 Å². The Labute approximate surface area is 193 Å². The minimum absolute atomic E-state index is 0.0522. The minimum atomic E-state index is -3.61. The molecule has 1 N–H and O–H groups in total. The maximum atomic E-state index is 12.3. The molecule has 1 aromatic carbocycles. The molecule has 3 rings (SSSR count). The lowest BCUT2D eigenvalue weighted by atomic mass is 10.1. The molecule has 9 nitrogen and oxygen atoms in total. The molecule has 1 amide bonds. The molecule has 0 radical (unpaired) electrons. The van der Waals surface area contributed by atoms with Crippen LogP contribution in [0.4, 0.5) is 5.13 Å². The maximum Gasteiger partial charge on any atom is 0.353 e. The number of halogens is 1. The van der Waals surface area contributed by atoms with Gasteiger partial charge in [-0.25, -0.2) is 13.2 Å². The van der Waals surface area contributed by atoms with Gasteiger partial charge in [-0.15, -0.1) is 11.3 Å². The third-order valence-electron chi connectivity index (χ3n) is 3.52. The van der Waals surface area contributed by atoms with Crippen LogP contribution in [0.3, 0.4) is 0 Å². The van der Waals surface area contributed by atoms with Gasteiger partial charge in [0.2, 0.25) is 15.0 Å². The van der Waals surface area contributed by atoms with Crippen molar-refractivity contribution in [2.45, 2.75) is 5.16 Å². The Morgan fingerprint density at radius 3 is 2.68 bits per heavy atom. The van der Waals surface area contributed by atoms with E-state index in [2.05, 4.69) is 30.6 Å². The number of sulfone groups is 1. The van der Waals surface area contributed by atoms with Gasteiger partial charge in [-0.3, -0.25) is 10.1 Å². The van der Waals surface area contributed by atoms with Gasteiger partial charge in [-0.2, -0.15) is 14.6 Å². The lowest BCUT2D eigenvalue weighted by molar-refractivity contribution is -0.112. The molecule has 0 aliphatic carbocycles. The average molecular weight is 539 g/mol. The molecule has 0 fully saturated rings. The van der Waals surface area contributed by atoms with E-state index in [1.807, 2.05) is 0 Å². The van der Waals surface area contributed by atoms with Crippen molar-refractivity contribution in [2.75, 3.05) is 11.6 Å². The first-order valence-electron chi connectivity index (χ1n) is 8.19. The lowest BCUT2D eigenvalue weighted by Gasteiger charge is -2.06. The number of thiophene rings is 1. The number of nitriles is 1. The van der Waals surface area contributed by atoms with Crippen LogP contribution in [0.5, 0.6) is 5.75 Å². The zero-order valence-corrected chi connectivity index (χ0v) is 19.6. The number of carbonyl (C=O) groups excluding carboxylic acids is 2. The number of rotatable bonds is 6. The van der Waals surface area contributed by atoms with Crippen LogP contribution in [0.1, 0.15) is 15.2 Å². The summed E-state index contributed by atoms with van der Waals surface area (Å²) in [6, 6.07) is 9.84. The van der Waals surface area contributed by atoms with Crippen molar-refractivity contribution < 1.29 is 22.7 Å². The summed E-state index contributed by atoms with van der Waals surface area (Å²) < 4.78 is 32.3. The molecule has 0 aliphatic rings. The van der Waals surface area contributed by atoms with Gasteiger partial charge in [0.05, 0.1) is 4.47 Å². The number of esters is 1. The number of nitrogens with zero attached hydrogens (tertiary/aromatic N) is 3. The predicted molar refractivity (Wildman–Crippen MR) is 119 cm³/mol. The van der Waals surface area contributed by atoms with E-state index in [4.69, 9.17) is 4.74 Å². The van der Waals surface area contributed by atoms with E-state index >= 15 is 0 Å². The van der Waals surface area contributed by atoms with Crippen molar-refractivity contribution in [3.63, 3.8) is 0 Å². The number of amides is 1. The standard InChI is InChI=1S/C18H11BrN4O5S3/c1-31(26,27)18-22-17(30-23-18)21-15(24)11(9-20)7-10-4-5-13(12(19)8-10)28-16(25)14-3-2-6-29-14/h2-8H,1H3,(H,21,22,23,24). The normalized spacial score (nSPS) is 11.6. The molecule has 2 heterocycles. The number of anilines is 1. The molecule has 0 unspecified atom stereocenters. The topological polar surface area (TPSA) is 139 Å². The van der Waals surface area contributed by atoms with Crippen LogP contribution >= 0.6 is 38.8 Å². The summed E-state index contributed by atoms with van der Waals surface area (Å²) in [4.78, 5) is 28.6. The molecule has 0 saturated heterocycles. The van der Waals surface area contributed by atoms with E-state index < -0.39 is 26.9 Å². The molecule has 0 saturated carbocycles. The zero-order valence-electron chi connectivity index (χ0n) is 15.5. The second kappa shape index (κ2) is 9.48. The lowest BCUT2D eigenvalue weighted by Crippen LogP contribution is -2.13. The van der Waals surface area contributed by atoms with Gasteiger partial charge >= 0.3 is 5.97 Å². The summed E-state index contributed by atoms with van der Waals surface area (Å²) in [5, 5.41) is 13.0. The van der Waals surface area contributed by atoms with E-state index in [-0.39, 0.29) is 16.5 Å². The van der Waals surface area contributed by atoms with Gasteiger partial charge in [0, 0.05) is 17.8 Å². The van der Waals surface area contributed by atoms with Crippen molar-refractivity contribution in [1.29, 1.82) is 5.26 Å². The molecule has 3 aromatic rings. The predicted octanol–water partition coefficient (Wildman–Crippen LogP) is 3.53. The Hall–Kier alpha value is -2.92. The fourth-order valence-electron chi connectivity index (χ4n) is 2.13. The molecule has 0 aliphatic heterocycles. The van der Waals surface area contributed by atoms with E-state index in [1.54, 1.807) is 35.7 Å². The average Bonchev–Trinajstić information content (AvgIpc) is 3.39. The molecular weight excluding hydrogens is 528 g/mol. The van der Waals surface area contributed by atoms with Crippen molar-refractivity contribution in [1.82, 2.24) is 9.36 Å². The second-order valence-corrected chi connectivity index (χ2v) is 10.3. The van der Waals surface area contributed by atoms with Crippen LogP contribution in [-0.4, -0.2) is 35.9 Å². The third-order valence-corrected chi connectivity index (χ3v) is 6.58. The fraction of sp³-hybridized carbons (Fsp3) is 0.0556. The summed E-state index contributed by atoms with van der Waals surface area (Å²) in [7, 11) is -3.61. The Morgan fingerprint density at radius 1 is 1.32 bits per heavy atom. The molecule has 0 atom stereocenters. The van der Waals surface area contributed by atoms with Gasteiger partial charge in [-0.05, 0) is 51.1 Å². The van der Waals surface area contributed by atoms with Crippen LogP contribution in [0, 0.1) is 11.3 Å². The molecule has 2 aromatic heterocycles. The van der Waals surface area contributed by atoms with Gasteiger partial charge in [-0.1, -0.05) is 12.1 Å². The highest BCUT2D eigenvalue weighted by atomic mass is 79.9. The van der Waals surface area contributed by atoms with Crippen molar-refractivity contribution in [2.24, 2.45) is 0 Å². The van der Waals surface area contributed by atoms with Gasteiger partial charge in [0.15, 0.2) is 0 Å². The highest BCUT2D eigenvalue weighted by Gasteiger charge is 2.18. The molecule has 0 bridgehead atoms. The first kappa shape index (κ1) is 22.8. The third kappa shape index (κ3) is 5.82. The number of hydrogen-bond acceptors (Lipinski definition) is 10. The van der Waals surface area contributed by atoms with Crippen LogP contribution < -0.4 is 10.1 Å². The summed E-state index contributed by atoms with van der Waals surface area (Å²) in [6.45, 7) is 0. The van der Waals surface area contributed by atoms with Gasteiger partial charge in [0.25, 0.3) is 11.1 Å². The summed E-state index contributed by atoms with van der Waals surface area (Å²) in [6.07, 6.45) is 2.27. The Kier molecular flexibility index (Phi) is 6.96. The number of benzene rings is 1. The fourth-order valence-corrected chi connectivity index (χ4v) is 4.64. The largest absolute Gasteiger partial charge is 0.421 e. The van der Waals surface area contributed by atoms with Crippen LogP contribution in [0.25, 0.3) is 6.08 Å². The number of nitrogens with one attached hydrogen (secondary N) is 1. The minimum Gasteiger partial charge on any atom is -0.421 e. The van der Waals surface area contributed by atoms with Crippen molar-refractivity contribution in [3.8, 4) is 11.8 Å². The Morgan fingerprint density at radius 2 is 2.10 bits per heavy atom. The Bertz CT molecular complexity index is 1320. The van der Waals surface area contributed by atoms with Crippen molar-refractivity contribution >= 4 is 71.7 Å². The first-order chi connectivity index (χ1) is 14.7. The van der Waals surface area contributed by atoms with E-state index in [0.717, 1.165) is 6.26 Å². The molecule has 13 heteroatoms. The SMILES string of the molecule is CS(=O)(=O)c1nsc(NC(=O)C(C#N)=Cc2ccc(OC(=O)c3cccs3)c(Br)c2)n1. The molecule has 158 valence electrons. The van der Waals surface area contributed by atoms with Crippen LogP contribution in [-0.2, 0) is 14.6 Å². The Balaban J connectivity index is 1.75. The molecule has 0 spiro atoms. The van der Waals surface area contributed by atoms with Gasteiger partial charge < -0.3 is 4.74 Å². The van der Waals surface area contributed by atoms with E-state index in [1.165, 1.54) is 23.5 Å². The highest BCUT2D eigenvalue weighted by Crippen LogP contribution is 2.28.